The fraction of sp³-hybridized carbons (Fsp3) is 0.0870. The quantitative estimate of drug-likeness (QED) is 0.397. The van der Waals surface area contributed by atoms with Gasteiger partial charge < -0.3 is 4.74 Å². The van der Waals surface area contributed by atoms with Gasteiger partial charge in [-0.3, -0.25) is 4.40 Å². The van der Waals surface area contributed by atoms with Gasteiger partial charge in [0.25, 0.3) is 0 Å². The van der Waals surface area contributed by atoms with Crippen LogP contribution in [-0.2, 0) is 6.42 Å². The van der Waals surface area contributed by atoms with Crippen LogP contribution in [0.3, 0.4) is 0 Å². The number of rotatable bonds is 6. The van der Waals surface area contributed by atoms with E-state index in [2.05, 4.69) is 44.7 Å². The second kappa shape index (κ2) is 7.85. The van der Waals surface area contributed by atoms with Gasteiger partial charge in [0.2, 0.25) is 0 Å². The number of aromatic nitrogens is 4. The van der Waals surface area contributed by atoms with Gasteiger partial charge in [-0.2, -0.15) is 0 Å². The Balaban J connectivity index is 1.45. The Hall–Kier alpha value is -3.51. The molecule has 0 unspecified atom stereocenters. The molecule has 5 nitrogen and oxygen atoms in total. The van der Waals surface area contributed by atoms with Gasteiger partial charge in [0.1, 0.15) is 17.8 Å². The Labute approximate surface area is 172 Å². The first-order valence-corrected chi connectivity index (χ1v) is 10.3. The molecule has 3 heterocycles. The third kappa shape index (κ3) is 3.62. The van der Waals surface area contributed by atoms with Crippen molar-refractivity contribution in [1.29, 1.82) is 0 Å². The van der Waals surface area contributed by atoms with E-state index in [-0.39, 0.29) is 0 Å². The molecule has 0 aliphatic heterocycles. The largest absolute Gasteiger partial charge is 0.493 e. The van der Waals surface area contributed by atoms with Crippen LogP contribution in [-0.4, -0.2) is 26.0 Å². The summed E-state index contributed by atoms with van der Waals surface area (Å²) in [6, 6.07) is 20.4. The minimum atomic E-state index is 0.629. The van der Waals surface area contributed by atoms with E-state index in [0.29, 0.717) is 6.61 Å². The summed E-state index contributed by atoms with van der Waals surface area (Å²) in [5, 5.41) is 2.03. The zero-order chi connectivity index (χ0) is 19.5. The van der Waals surface area contributed by atoms with Crippen LogP contribution < -0.4 is 4.74 Å². The lowest BCUT2D eigenvalue weighted by Crippen LogP contribution is -2.01. The molecular weight excluding hydrogens is 380 g/mol. The maximum absolute atomic E-state index is 6.02. The molecule has 0 aliphatic rings. The maximum Gasteiger partial charge on any atom is 0.194 e. The normalized spacial score (nSPS) is 11.0. The van der Waals surface area contributed by atoms with Crippen molar-refractivity contribution in [2.45, 2.75) is 6.42 Å². The van der Waals surface area contributed by atoms with Gasteiger partial charge in [-0.15, -0.1) is 11.3 Å². The zero-order valence-electron chi connectivity index (χ0n) is 15.6. The maximum atomic E-state index is 6.02. The Morgan fingerprint density at radius 3 is 2.79 bits per heavy atom. The van der Waals surface area contributed by atoms with Crippen molar-refractivity contribution < 1.29 is 4.74 Å². The SMILES string of the molecule is c1ccc(CCOc2cccc(-c3nc4sccn4c3-c3ccncn3)c2)cc1. The number of nitrogens with zero attached hydrogens (tertiary/aromatic N) is 4. The van der Waals surface area contributed by atoms with E-state index >= 15 is 0 Å². The summed E-state index contributed by atoms with van der Waals surface area (Å²) >= 11 is 1.60. The molecule has 0 aliphatic carbocycles. The smallest absolute Gasteiger partial charge is 0.194 e. The Bertz CT molecular complexity index is 1230. The average molecular weight is 398 g/mol. The lowest BCUT2D eigenvalue weighted by molar-refractivity contribution is 0.322. The van der Waals surface area contributed by atoms with Gasteiger partial charge in [-0.25, -0.2) is 15.0 Å². The lowest BCUT2D eigenvalue weighted by Gasteiger charge is -2.09. The zero-order valence-corrected chi connectivity index (χ0v) is 16.4. The molecule has 5 rings (SSSR count). The summed E-state index contributed by atoms with van der Waals surface area (Å²) in [7, 11) is 0. The first kappa shape index (κ1) is 17.6. The van der Waals surface area contributed by atoms with Gasteiger partial charge in [0.15, 0.2) is 4.96 Å². The summed E-state index contributed by atoms with van der Waals surface area (Å²) in [5.41, 5.74) is 4.97. The molecule has 0 fully saturated rings. The van der Waals surface area contributed by atoms with Crippen LogP contribution >= 0.6 is 11.3 Å². The van der Waals surface area contributed by atoms with Crippen LogP contribution in [0.4, 0.5) is 0 Å². The van der Waals surface area contributed by atoms with E-state index in [1.807, 2.05) is 41.9 Å². The summed E-state index contributed by atoms with van der Waals surface area (Å²) < 4.78 is 8.09. The molecule has 0 bridgehead atoms. The molecule has 0 saturated carbocycles. The molecule has 0 N–H and O–H groups in total. The second-order valence-corrected chi connectivity index (χ2v) is 7.44. The highest BCUT2D eigenvalue weighted by Gasteiger charge is 2.18. The predicted octanol–water partition coefficient (Wildman–Crippen LogP) is 5.14. The number of hydrogen-bond acceptors (Lipinski definition) is 5. The first-order valence-electron chi connectivity index (χ1n) is 9.37. The Morgan fingerprint density at radius 2 is 1.93 bits per heavy atom. The summed E-state index contributed by atoms with van der Waals surface area (Å²) in [6.45, 7) is 0.629. The van der Waals surface area contributed by atoms with Crippen LogP contribution in [0.5, 0.6) is 5.75 Å². The summed E-state index contributed by atoms with van der Waals surface area (Å²) in [6.07, 6.45) is 6.21. The van der Waals surface area contributed by atoms with Gasteiger partial charge in [-0.05, 0) is 23.8 Å². The first-order chi connectivity index (χ1) is 14.4. The molecule has 142 valence electrons. The van der Waals surface area contributed by atoms with Crippen molar-refractivity contribution in [1.82, 2.24) is 19.4 Å². The molecular formula is C23H18N4OS. The number of imidazole rings is 1. The summed E-state index contributed by atoms with van der Waals surface area (Å²) in [5.74, 6) is 0.837. The number of hydrogen-bond donors (Lipinski definition) is 0. The third-order valence-corrected chi connectivity index (χ3v) is 5.45. The van der Waals surface area contributed by atoms with Crippen molar-refractivity contribution in [3.8, 4) is 28.4 Å². The predicted molar refractivity (Wildman–Crippen MR) is 115 cm³/mol. The number of thiazole rings is 1. The Kier molecular flexibility index (Phi) is 4.76. The van der Waals surface area contributed by atoms with E-state index in [1.165, 1.54) is 5.56 Å². The highest BCUT2D eigenvalue weighted by molar-refractivity contribution is 7.15. The molecule has 5 aromatic rings. The minimum absolute atomic E-state index is 0.629. The van der Waals surface area contributed by atoms with Crippen LogP contribution in [0.15, 0.2) is 84.8 Å². The van der Waals surface area contributed by atoms with Gasteiger partial charge >= 0.3 is 0 Å². The van der Waals surface area contributed by atoms with E-state index in [9.17, 15) is 0 Å². The molecule has 29 heavy (non-hydrogen) atoms. The highest BCUT2D eigenvalue weighted by atomic mass is 32.1. The Morgan fingerprint density at radius 1 is 1.00 bits per heavy atom. The second-order valence-electron chi connectivity index (χ2n) is 6.57. The molecule has 0 saturated heterocycles. The number of ether oxygens (including phenoxy) is 1. The van der Waals surface area contributed by atoms with E-state index < -0.39 is 0 Å². The van der Waals surface area contributed by atoms with Crippen LogP contribution in [0.1, 0.15) is 5.56 Å². The fourth-order valence-electron chi connectivity index (χ4n) is 3.33. The molecule has 0 atom stereocenters. The molecule has 0 radical (unpaired) electrons. The van der Waals surface area contributed by atoms with E-state index in [0.717, 1.165) is 39.8 Å². The molecule has 2 aromatic carbocycles. The topological polar surface area (TPSA) is 52.3 Å². The number of fused-ring (bicyclic) bond motifs is 1. The lowest BCUT2D eigenvalue weighted by atomic mass is 10.1. The molecule has 3 aromatic heterocycles. The van der Waals surface area contributed by atoms with Crippen molar-refractivity contribution >= 4 is 16.3 Å². The summed E-state index contributed by atoms with van der Waals surface area (Å²) in [4.78, 5) is 14.3. The molecule has 0 spiro atoms. The van der Waals surface area contributed by atoms with Crippen molar-refractivity contribution in [3.63, 3.8) is 0 Å². The number of benzene rings is 2. The van der Waals surface area contributed by atoms with Gasteiger partial charge in [0.05, 0.1) is 18.0 Å². The van der Waals surface area contributed by atoms with Crippen molar-refractivity contribution in [2.24, 2.45) is 0 Å². The van der Waals surface area contributed by atoms with Crippen LogP contribution in [0, 0.1) is 0 Å². The van der Waals surface area contributed by atoms with E-state index in [1.54, 1.807) is 23.9 Å². The van der Waals surface area contributed by atoms with Crippen molar-refractivity contribution in [3.05, 3.63) is 90.3 Å². The third-order valence-electron chi connectivity index (χ3n) is 4.70. The molecule has 0 amide bonds. The van der Waals surface area contributed by atoms with Crippen molar-refractivity contribution in [2.75, 3.05) is 6.61 Å². The van der Waals surface area contributed by atoms with Crippen LogP contribution in [0.25, 0.3) is 27.6 Å². The standard InChI is InChI=1S/C23H18N4OS/c1-2-5-17(6-3-1)10-13-28-19-8-4-7-18(15-19)21-22(20-9-11-24-16-25-20)27-12-14-29-23(27)26-21/h1-9,11-12,14-16H,10,13H2. The van der Waals surface area contributed by atoms with Gasteiger partial charge in [0, 0.05) is 29.8 Å². The fourth-order valence-corrected chi connectivity index (χ4v) is 4.04. The highest BCUT2D eigenvalue weighted by Crippen LogP contribution is 2.34. The van der Waals surface area contributed by atoms with Gasteiger partial charge in [-0.1, -0.05) is 42.5 Å². The van der Waals surface area contributed by atoms with E-state index in [4.69, 9.17) is 9.72 Å². The van der Waals surface area contributed by atoms with Crippen LogP contribution in [0.2, 0.25) is 0 Å². The average Bonchev–Trinajstić information content (AvgIpc) is 3.37. The monoisotopic (exact) mass is 398 g/mol. The molecule has 6 heteroatoms. The minimum Gasteiger partial charge on any atom is -0.493 e.